The molecular weight excluding hydrogens is 259 g/mol. The fourth-order valence-corrected chi connectivity index (χ4v) is 2.88. The molecule has 0 unspecified atom stereocenters. The van der Waals surface area contributed by atoms with E-state index in [1.807, 2.05) is 0 Å². The highest BCUT2D eigenvalue weighted by molar-refractivity contribution is 5.35. The molecule has 1 aromatic rings. The van der Waals surface area contributed by atoms with E-state index in [2.05, 4.69) is 12.2 Å². The summed E-state index contributed by atoms with van der Waals surface area (Å²) in [6, 6.07) is 4.20. The Kier molecular flexibility index (Phi) is 5.06. The number of nitro benzene ring substituents is 1. The largest absolute Gasteiger partial charge is 0.310 e. The van der Waals surface area contributed by atoms with Gasteiger partial charge in [0.25, 0.3) is 5.69 Å². The van der Waals surface area contributed by atoms with E-state index in [1.54, 1.807) is 0 Å². The van der Waals surface area contributed by atoms with E-state index in [9.17, 15) is 14.5 Å². The van der Waals surface area contributed by atoms with Crippen molar-refractivity contribution in [1.82, 2.24) is 5.32 Å². The summed E-state index contributed by atoms with van der Waals surface area (Å²) in [5.41, 5.74) is 0.450. The van der Waals surface area contributed by atoms with Crippen molar-refractivity contribution in [1.29, 1.82) is 0 Å². The van der Waals surface area contributed by atoms with Gasteiger partial charge < -0.3 is 5.32 Å². The van der Waals surface area contributed by atoms with Crippen molar-refractivity contribution in [3.63, 3.8) is 0 Å². The number of hydrogen-bond acceptors (Lipinski definition) is 3. The Labute approximate surface area is 118 Å². The maximum atomic E-state index is 13.3. The molecule has 1 aliphatic carbocycles. The van der Waals surface area contributed by atoms with Crippen LogP contribution in [0, 0.1) is 21.8 Å². The molecule has 5 heteroatoms. The van der Waals surface area contributed by atoms with Crippen molar-refractivity contribution in [2.75, 3.05) is 0 Å². The van der Waals surface area contributed by atoms with Crippen molar-refractivity contribution in [3.8, 4) is 0 Å². The zero-order valence-corrected chi connectivity index (χ0v) is 11.8. The van der Waals surface area contributed by atoms with E-state index in [0.717, 1.165) is 24.8 Å². The lowest BCUT2D eigenvalue weighted by Crippen LogP contribution is -2.32. The molecule has 110 valence electrons. The van der Waals surface area contributed by atoms with Crippen LogP contribution in [0.25, 0.3) is 0 Å². The molecule has 1 saturated carbocycles. The Balaban J connectivity index is 1.89. The molecule has 1 aromatic carbocycles. The molecule has 0 bridgehead atoms. The van der Waals surface area contributed by atoms with E-state index in [0.29, 0.717) is 18.2 Å². The van der Waals surface area contributed by atoms with Gasteiger partial charge >= 0.3 is 0 Å². The molecule has 0 heterocycles. The van der Waals surface area contributed by atoms with Gasteiger partial charge in [-0.15, -0.1) is 0 Å². The number of hydrogen-bond donors (Lipinski definition) is 1. The Morgan fingerprint density at radius 1 is 1.30 bits per heavy atom. The van der Waals surface area contributed by atoms with Crippen LogP contribution in [0.15, 0.2) is 18.2 Å². The van der Waals surface area contributed by atoms with Crippen LogP contribution < -0.4 is 5.32 Å². The fourth-order valence-electron chi connectivity index (χ4n) is 2.88. The molecular formula is C15H21FN2O2. The first kappa shape index (κ1) is 14.9. The Morgan fingerprint density at radius 3 is 2.60 bits per heavy atom. The quantitative estimate of drug-likeness (QED) is 0.659. The van der Waals surface area contributed by atoms with Gasteiger partial charge in [-0.1, -0.05) is 13.3 Å². The predicted octanol–water partition coefficient (Wildman–Crippen LogP) is 3.79. The SMILES string of the molecule is CCC1CCC(NCc2cc(F)cc([N+](=O)[O-])c2)CC1. The van der Waals surface area contributed by atoms with Crippen LogP contribution in [0.5, 0.6) is 0 Å². The van der Waals surface area contributed by atoms with Gasteiger partial charge in [-0.2, -0.15) is 0 Å². The number of nitro groups is 1. The highest BCUT2D eigenvalue weighted by Crippen LogP contribution is 2.26. The lowest BCUT2D eigenvalue weighted by molar-refractivity contribution is -0.385. The molecule has 20 heavy (non-hydrogen) atoms. The van der Waals surface area contributed by atoms with Crippen LogP contribution in [-0.4, -0.2) is 11.0 Å². The summed E-state index contributed by atoms with van der Waals surface area (Å²) in [4.78, 5) is 10.1. The average Bonchev–Trinajstić information content (AvgIpc) is 2.45. The maximum Gasteiger partial charge on any atom is 0.272 e. The number of rotatable bonds is 5. The third-order valence-corrected chi connectivity index (χ3v) is 4.17. The molecule has 2 rings (SSSR count). The van der Waals surface area contributed by atoms with E-state index < -0.39 is 10.7 Å². The number of non-ortho nitro benzene ring substituents is 1. The second kappa shape index (κ2) is 6.79. The van der Waals surface area contributed by atoms with Crippen molar-refractivity contribution < 1.29 is 9.31 Å². The fraction of sp³-hybridized carbons (Fsp3) is 0.600. The van der Waals surface area contributed by atoms with Crippen molar-refractivity contribution in [3.05, 3.63) is 39.7 Å². The molecule has 1 N–H and O–H groups in total. The Bertz CT molecular complexity index is 471. The van der Waals surface area contributed by atoms with E-state index in [4.69, 9.17) is 0 Å². The molecule has 0 saturated heterocycles. The van der Waals surface area contributed by atoms with Crippen molar-refractivity contribution >= 4 is 5.69 Å². The number of nitrogens with one attached hydrogen (secondary N) is 1. The molecule has 0 amide bonds. The molecule has 0 aliphatic heterocycles. The third kappa shape index (κ3) is 4.00. The van der Waals surface area contributed by atoms with E-state index >= 15 is 0 Å². The van der Waals surface area contributed by atoms with Crippen molar-refractivity contribution in [2.24, 2.45) is 5.92 Å². The van der Waals surface area contributed by atoms with Gasteiger partial charge in [0, 0.05) is 18.7 Å². The lowest BCUT2D eigenvalue weighted by Gasteiger charge is -2.28. The average molecular weight is 280 g/mol. The lowest BCUT2D eigenvalue weighted by atomic mass is 9.84. The standard InChI is InChI=1S/C15H21FN2O2/c1-2-11-3-5-14(6-4-11)17-10-12-7-13(16)9-15(8-12)18(19)20/h7-9,11,14,17H,2-6,10H2,1H3. The summed E-state index contributed by atoms with van der Waals surface area (Å²) in [6.07, 6.45) is 5.98. The molecule has 0 aromatic heterocycles. The van der Waals surface area contributed by atoms with Gasteiger partial charge in [0.05, 0.1) is 11.0 Å². The Hall–Kier alpha value is -1.49. The Morgan fingerprint density at radius 2 is 2.00 bits per heavy atom. The first-order valence-electron chi connectivity index (χ1n) is 7.25. The van der Waals surface area contributed by atoms with Gasteiger partial charge in [0.15, 0.2) is 0 Å². The second-order valence-electron chi connectivity index (χ2n) is 5.58. The smallest absolute Gasteiger partial charge is 0.272 e. The summed E-state index contributed by atoms with van der Waals surface area (Å²) in [7, 11) is 0. The topological polar surface area (TPSA) is 55.2 Å². The molecule has 0 spiro atoms. The molecule has 0 radical (unpaired) electrons. The van der Waals surface area contributed by atoms with Crippen LogP contribution in [0.1, 0.15) is 44.6 Å². The van der Waals surface area contributed by atoms with Gasteiger partial charge in [-0.05, 0) is 43.2 Å². The number of benzene rings is 1. The van der Waals surface area contributed by atoms with Gasteiger partial charge in [0.2, 0.25) is 0 Å². The highest BCUT2D eigenvalue weighted by atomic mass is 19.1. The summed E-state index contributed by atoms with van der Waals surface area (Å²) < 4.78 is 13.3. The predicted molar refractivity (Wildman–Crippen MR) is 75.9 cm³/mol. The van der Waals surface area contributed by atoms with Gasteiger partial charge in [-0.3, -0.25) is 10.1 Å². The second-order valence-corrected chi connectivity index (χ2v) is 5.58. The normalized spacial score (nSPS) is 22.7. The summed E-state index contributed by atoms with van der Waals surface area (Å²) in [5.74, 6) is 0.286. The molecule has 1 aliphatic rings. The van der Waals surface area contributed by atoms with Crippen LogP contribution >= 0.6 is 0 Å². The minimum absolute atomic E-state index is 0.184. The monoisotopic (exact) mass is 280 g/mol. The van der Waals surface area contributed by atoms with Crippen LogP contribution in [0.4, 0.5) is 10.1 Å². The summed E-state index contributed by atoms with van der Waals surface area (Å²) in [5, 5.41) is 14.1. The molecule has 0 atom stereocenters. The minimum atomic E-state index is -0.557. The first-order valence-corrected chi connectivity index (χ1v) is 7.25. The van der Waals surface area contributed by atoms with Crippen molar-refractivity contribution in [2.45, 2.75) is 51.6 Å². The minimum Gasteiger partial charge on any atom is -0.310 e. The highest BCUT2D eigenvalue weighted by Gasteiger charge is 2.19. The molecule has 1 fully saturated rings. The van der Waals surface area contributed by atoms with E-state index in [1.165, 1.54) is 31.4 Å². The third-order valence-electron chi connectivity index (χ3n) is 4.17. The van der Waals surface area contributed by atoms with Gasteiger partial charge in [0.1, 0.15) is 5.82 Å². The van der Waals surface area contributed by atoms with E-state index in [-0.39, 0.29) is 5.69 Å². The van der Waals surface area contributed by atoms with Crippen LogP contribution in [-0.2, 0) is 6.54 Å². The molecule has 4 nitrogen and oxygen atoms in total. The maximum absolute atomic E-state index is 13.3. The zero-order valence-electron chi connectivity index (χ0n) is 11.8. The van der Waals surface area contributed by atoms with Crippen LogP contribution in [0.3, 0.4) is 0 Å². The number of halogens is 1. The first-order chi connectivity index (χ1) is 9.58. The number of nitrogens with zero attached hydrogens (tertiary/aromatic N) is 1. The van der Waals surface area contributed by atoms with Crippen LogP contribution in [0.2, 0.25) is 0 Å². The summed E-state index contributed by atoms with van der Waals surface area (Å²) in [6.45, 7) is 2.71. The summed E-state index contributed by atoms with van der Waals surface area (Å²) >= 11 is 0. The van der Waals surface area contributed by atoms with Gasteiger partial charge in [-0.25, -0.2) is 4.39 Å². The zero-order chi connectivity index (χ0) is 14.5.